The molecule has 0 radical (unpaired) electrons. The number of amides is 2. The number of methoxy groups -OCH3 is 2. The third-order valence-corrected chi connectivity index (χ3v) is 14.6. The maximum absolute atomic E-state index is 13.0. The molecule has 3 aromatic rings. The number of esters is 2. The summed E-state index contributed by atoms with van der Waals surface area (Å²) in [5, 5.41) is 8.97. The lowest BCUT2D eigenvalue weighted by atomic mass is 10.1. The van der Waals surface area contributed by atoms with Crippen LogP contribution in [-0.2, 0) is 28.7 Å². The van der Waals surface area contributed by atoms with Crippen molar-refractivity contribution >= 4 is 68.5 Å². The molecule has 0 fully saturated rings. The Morgan fingerprint density at radius 2 is 1.30 bits per heavy atom. The highest BCUT2D eigenvalue weighted by Crippen LogP contribution is 2.59. The van der Waals surface area contributed by atoms with Crippen LogP contribution >= 0.6 is 28.9 Å². The van der Waals surface area contributed by atoms with Crippen molar-refractivity contribution in [3.63, 3.8) is 0 Å². The molecule has 0 spiro atoms. The van der Waals surface area contributed by atoms with Gasteiger partial charge in [-0.1, -0.05) is 76.2 Å². The van der Waals surface area contributed by atoms with Crippen LogP contribution in [0.1, 0.15) is 12.8 Å². The van der Waals surface area contributed by atoms with Crippen LogP contribution in [0, 0.1) is 0 Å². The minimum atomic E-state index is -2.09. The number of rotatable bonds is 16. The molecule has 3 aromatic carbocycles. The van der Waals surface area contributed by atoms with Gasteiger partial charge >= 0.3 is 11.9 Å². The van der Waals surface area contributed by atoms with E-state index >= 15 is 0 Å². The minimum absolute atomic E-state index is 0. The Labute approximate surface area is 277 Å². The van der Waals surface area contributed by atoms with Crippen LogP contribution in [0.4, 0.5) is 0 Å². The van der Waals surface area contributed by atoms with Crippen LogP contribution in [0.5, 0.6) is 0 Å². The Hall–Kier alpha value is -2.89. The topological polar surface area (TPSA) is 137 Å². The van der Waals surface area contributed by atoms with Crippen LogP contribution in [-0.4, -0.2) is 67.8 Å². The molecule has 0 aromatic heterocycles. The fourth-order valence-corrected chi connectivity index (χ4v) is 13.2. The Morgan fingerprint density at radius 1 is 0.795 bits per heavy atom. The van der Waals surface area contributed by atoms with Crippen LogP contribution in [0.2, 0.25) is 0 Å². The molecule has 13 heteroatoms. The third kappa shape index (κ3) is 10.6. The number of carbonyl (C=O) groups is 4. The normalized spacial score (nSPS) is 12.2. The van der Waals surface area contributed by atoms with Gasteiger partial charge in [-0.3, -0.25) is 19.2 Å². The van der Waals surface area contributed by atoms with E-state index in [1.54, 1.807) is 10.8 Å². The Balaban J connectivity index is 0.00000675. The number of nitrogens with two attached hydrogens (primary N) is 1. The van der Waals surface area contributed by atoms with E-state index < -0.39 is 43.1 Å². The standard InChI is InChI=1S/C31H36N3O6PS2.BrH/c1-39-29(36)20-33-30(37)27(34-28(35)19-18-26(32)31(38)40-2)21-42-43-22-41(23-12-6-3-7-13-23,24-14-8-4-9-15-24)25-16-10-5-11-17-25;/h3-17,26-27H,18-22,32H2,1-2H3,(H-,33,34,35,37);1H/t26-,27-;/m0./s1. The molecule has 0 heterocycles. The predicted octanol–water partition coefficient (Wildman–Crippen LogP) is -0.622. The summed E-state index contributed by atoms with van der Waals surface area (Å²) in [5.41, 5.74) is 6.50. The number of halogens is 1. The molecule has 236 valence electrons. The second-order valence-electron chi connectivity index (χ2n) is 9.43. The molecule has 3 rings (SSSR count). The van der Waals surface area contributed by atoms with Crippen molar-refractivity contribution in [2.45, 2.75) is 24.9 Å². The molecule has 2 amide bonds. The largest absolute Gasteiger partial charge is 1.00 e. The third-order valence-electron chi connectivity index (χ3n) is 6.63. The van der Waals surface area contributed by atoms with Crippen molar-refractivity contribution in [1.29, 1.82) is 0 Å². The van der Waals surface area contributed by atoms with E-state index in [-0.39, 0.29) is 42.1 Å². The predicted molar refractivity (Wildman–Crippen MR) is 176 cm³/mol. The number of hydrogen-bond donors (Lipinski definition) is 3. The summed E-state index contributed by atoms with van der Waals surface area (Å²) < 4.78 is 9.23. The second-order valence-corrected chi connectivity index (χ2v) is 15.9. The van der Waals surface area contributed by atoms with Crippen molar-refractivity contribution < 1.29 is 45.6 Å². The summed E-state index contributed by atoms with van der Waals surface area (Å²) in [5.74, 6) is -1.94. The fourth-order valence-electron chi connectivity index (χ4n) is 4.31. The SMILES string of the molecule is COC(=O)CNC(=O)[C@H](CSSC[P+](c1ccccc1)(c1ccccc1)c1ccccc1)NC(=O)CC[C@H](N)C(=O)OC.[Br-]. The number of ether oxygens (including phenoxy) is 2. The van der Waals surface area contributed by atoms with Gasteiger partial charge in [-0.05, 0) is 42.8 Å². The number of carbonyl (C=O) groups excluding carboxylic acids is 4. The first-order valence-corrected chi connectivity index (χ1v) is 18.0. The van der Waals surface area contributed by atoms with Gasteiger partial charge in [0.25, 0.3) is 0 Å². The summed E-state index contributed by atoms with van der Waals surface area (Å²) in [6.45, 7) is -0.322. The second kappa shape index (κ2) is 19.5. The number of benzene rings is 3. The first-order valence-electron chi connectivity index (χ1n) is 13.6. The average Bonchev–Trinajstić information content (AvgIpc) is 3.06. The van der Waals surface area contributed by atoms with Gasteiger partial charge in [-0.25, -0.2) is 0 Å². The van der Waals surface area contributed by atoms with Gasteiger partial charge in [0.1, 0.15) is 47.3 Å². The van der Waals surface area contributed by atoms with E-state index in [0.29, 0.717) is 0 Å². The van der Waals surface area contributed by atoms with E-state index in [1.165, 1.54) is 40.9 Å². The quantitative estimate of drug-likeness (QED) is 0.0766. The van der Waals surface area contributed by atoms with E-state index in [0.717, 1.165) is 5.49 Å². The van der Waals surface area contributed by atoms with Crippen molar-refractivity contribution in [2.75, 3.05) is 32.0 Å². The van der Waals surface area contributed by atoms with Crippen molar-refractivity contribution in [3.05, 3.63) is 91.0 Å². The zero-order valence-corrected chi connectivity index (χ0v) is 28.6. The summed E-state index contributed by atoms with van der Waals surface area (Å²) in [6, 6.07) is 29.5. The van der Waals surface area contributed by atoms with Gasteiger partial charge in [-0.2, -0.15) is 0 Å². The maximum atomic E-state index is 13.0. The minimum Gasteiger partial charge on any atom is -1.00 e. The highest BCUT2D eigenvalue weighted by molar-refractivity contribution is 8.77. The molecular weight excluding hydrogens is 685 g/mol. The van der Waals surface area contributed by atoms with Gasteiger partial charge in [0, 0.05) is 12.2 Å². The van der Waals surface area contributed by atoms with Crippen molar-refractivity contribution in [1.82, 2.24) is 10.6 Å². The number of nitrogens with one attached hydrogen (secondary N) is 2. The van der Waals surface area contributed by atoms with Crippen LogP contribution in [0.3, 0.4) is 0 Å². The van der Waals surface area contributed by atoms with Gasteiger partial charge in [0.15, 0.2) is 0 Å². The molecule has 0 saturated heterocycles. The maximum Gasteiger partial charge on any atom is 0.325 e. The molecule has 9 nitrogen and oxygen atoms in total. The van der Waals surface area contributed by atoms with Crippen LogP contribution in [0.15, 0.2) is 91.0 Å². The van der Waals surface area contributed by atoms with E-state index in [1.807, 2.05) is 18.2 Å². The molecule has 0 unspecified atom stereocenters. The van der Waals surface area contributed by atoms with Gasteiger partial charge in [0.05, 0.1) is 14.2 Å². The van der Waals surface area contributed by atoms with E-state index in [2.05, 4.69) is 92.9 Å². The lowest BCUT2D eigenvalue weighted by Gasteiger charge is -2.27. The Kier molecular flexibility index (Phi) is 16.5. The van der Waals surface area contributed by atoms with Crippen molar-refractivity contribution in [2.24, 2.45) is 5.73 Å². The molecule has 0 aliphatic rings. The fraction of sp³-hybridized carbons (Fsp3) is 0.290. The van der Waals surface area contributed by atoms with Gasteiger partial charge in [0.2, 0.25) is 11.8 Å². The molecule has 0 aliphatic heterocycles. The zero-order valence-electron chi connectivity index (χ0n) is 24.5. The monoisotopic (exact) mass is 721 g/mol. The molecule has 0 bridgehead atoms. The molecular formula is C31H37BrN3O6PS2. The van der Waals surface area contributed by atoms with Gasteiger partial charge < -0.3 is 42.8 Å². The van der Waals surface area contributed by atoms with Gasteiger partial charge in [-0.15, -0.1) is 0 Å². The average molecular weight is 723 g/mol. The van der Waals surface area contributed by atoms with E-state index in [4.69, 9.17) is 5.73 Å². The highest BCUT2D eigenvalue weighted by atomic mass is 79.9. The van der Waals surface area contributed by atoms with E-state index in [9.17, 15) is 19.2 Å². The lowest BCUT2D eigenvalue weighted by molar-refractivity contribution is -0.142. The smallest absolute Gasteiger partial charge is 0.325 e. The Morgan fingerprint density at radius 3 is 1.75 bits per heavy atom. The zero-order chi connectivity index (χ0) is 31.1. The molecule has 4 N–H and O–H groups in total. The Bertz CT molecular complexity index is 1250. The van der Waals surface area contributed by atoms with Crippen LogP contribution < -0.4 is 49.3 Å². The first kappa shape index (κ1) is 37.3. The molecule has 44 heavy (non-hydrogen) atoms. The molecule has 0 aliphatic carbocycles. The van der Waals surface area contributed by atoms with Crippen LogP contribution in [0.25, 0.3) is 0 Å². The van der Waals surface area contributed by atoms with Crippen molar-refractivity contribution in [3.8, 4) is 0 Å². The summed E-state index contributed by atoms with van der Waals surface area (Å²) in [7, 11) is 3.46. The first-order chi connectivity index (χ1) is 20.8. The highest BCUT2D eigenvalue weighted by Gasteiger charge is 2.45. The summed E-state index contributed by atoms with van der Waals surface area (Å²) in [6.07, 6.45) is -0.00531. The molecule has 0 saturated carbocycles. The summed E-state index contributed by atoms with van der Waals surface area (Å²) >= 11 is 0. The number of hydrogen-bond acceptors (Lipinski definition) is 9. The summed E-state index contributed by atoms with van der Waals surface area (Å²) in [4.78, 5) is 48.9. The lowest BCUT2D eigenvalue weighted by Crippen LogP contribution is -3.00. The molecule has 2 atom stereocenters.